The lowest BCUT2D eigenvalue weighted by atomic mass is 10.3. The molecule has 1 amide bonds. The Bertz CT molecular complexity index is 1120. The van der Waals surface area contributed by atoms with E-state index in [1.807, 2.05) is 12.1 Å². The zero-order chi connectivity index (χ0) is 21.0. The second-order valence-electron chi connectivity index (χ2n) is 6.00. The number of sulfonamides is 1. The first-order chi connectivity index (χ1) is 13.8. The predicted octanol–water partition coefficient (Wildman–Crippen LogP) is 5.43. The molecule has 0 fully saturated rings. The van der Waals surface area contributed by atoms with Gasteiger partial charge in [-0.15, -0.1) is 0 Å². The van der Waals surface area contributed by atoms with Crippen molar-refractivity contribution in [2.45, 2.75) is 4.90 Å². The quantitative estimate of drug-likeness (QED) is 0.409. The van der Waals surface area contributed by atoms with E-state index in [0.717, 1.165) is 7.88 Å². The lowest BCUT2D eigenvalue weighted by molar-refractivity contribution is -0.114. The maximum absolute atomic E-state index is 13.2. The predicted molar refractivity (Wildman–Crippen MR) is 125 cm³/mol. The standard InChI is InChI=1S/C20H15Cl2IN2O3S/c21-14-4-10-19(11-5-14)29(27,28)25(18-3-1-2-15(22)12-18)13-20(26)24-17-8-6-16(23)7-9-17/h1-12H,13H2,(H,24,26). The molecule has 0 radical (unpaired) electrons. The van der Waals surface area contributed by atoms with Crippen LogP contribution in [0.3, 0.4) is 0 Å². The molecule has 0 heterocycles. The highest BCUT2D eigenvalue weighted by Crippen LogP contribution is 2.27. The van der Waals surface area contributed by atoms with E-state index in [9.17, 15) is 13.2 Å². The first kappa shape index (κ1) is 21.9. The Morgan fingerprint density at radius 1 is 0.931 bits per heavy atom. The third-order valence-corrected chi connectivity index (χ3v) is 6.91. The highest BCUT2D eigenvalue weighted by Gasteiger charge is 2.27. The Morgan fingerprint density at radius 3 is 2.21 bits per heavy atom. The Kier molecular flexibility index (Phi) is 7.05. The molecule has 3 rings (SSSR count). The first-order valence-electron chi connectivity index (χ1n) is 8.35. The maximum Gasteiger partial charge on any atom is 0.264 e. The van der Waals surface area contributed by atoms with Gasteiger partial charge in [-0.1, -0.05) is 29.3 Å². The second kappa shape index (κ2) is 9.34. The van der Waals surface area contributed by atoms with E-state index >= 15 is 0 Å². The summed E-state index contributed by atoms with van der Waals surface area (Å²) in [5, 5.41) is 3.48. The summed E-state index contributed by atoms with van der Waals surface area (Å²) in [7, 11) is -4.03. The summed E-state index contributed by atoms with van der Waals surface area (Å²) in [5.41, 5.74) is 0.857. The van der Waals surface area contributed by atoms with Gasteiger partial charge in [0.15, 0.2) is 0 Å². The molecule has 0 bridgehead atoms. The SMILES string of the molecule is O=C(CN(c1cccc(Cl)c1)S(=O)(=O)c1ccc(Cl)cc1)Nc1ccc(I)cc1. The molecule has 0 aliphatic rings. The molecule has 0 saturated carbocycles. The van der Waals surface area contributed by atoms with Gasteiger partial charge in [0, 0.05) is 19.3 Å². The summed E-state index contributed by atoms with van der Waals surface area (Å²) in [4.78, 5) is 12.6. The Labute approximate surface area is 192 Å². The van der Waals surface area contributed by atoms with Crippen LogP contribution in [-0.4, -0.2) is 20.9 Å². The molecule has 150 valence electrons. The summed E-state index contributed by atoms with van der Waals surface area (Å²) in [6.07, 6.45) is 0. The molecule has 1 N–H and O–H groups in total. The van der Waals surface area contributed by atoms with Crippen LogP contribution >= 0.6 is 45.8 Å². The van der Waals surface area contributed by atoms with Crippen LogP contribution in [0.2, 0.25) is 10.0 Å². The molecule has 3 aromatic rings. The van der Waals surface area contributed by atoms with E-state index in [-0.39, 0.29) is 10.6 Å². The molecule has 0 atom stereocenters. The van der Waals surface area contributed by atoms with Gasteiger partial charge in [-0.05, 0) is 89.3 Å². The van der Waals surface area contributed by atoms with Crippen LogP contribution in [0.15, 0.2) is 77.7 Å². The van der Waals surface area contributed by atoms with Gasteiger partial charge in [0.05, 0.1) is 10.6 Å². The van der Waals surface area contributed by atoms with Crippen molar-refractivity contribution in [3.63, 3.8) is 0 Å². The van der Waals surface area contributed by atoms with Crippen LogP contribution < -0.4 is 9.62 Å². The van der Waals surface area contributed by atoms with E-state index in [1.54, 1.807) is 30.3 Å². The Balaban J connectivity index is 1.93. The van der Waals surface area contributed by atoms with Crippen LogP contribution in [0.4, 0.5) is 11.4 Å². The molecular weight excluding hydrogens is 546 g/mol. The van der Waals surface area contributed by atoms with Gasteiger partial charge in [0.25, 0.3) is 10.0 Å². The average molecular weight is 561 g/mol. The molecule has 0 saturated heterocycles. The molecular formula is C20H15Cl2IN2O3S. The largest absolute Gasteiger partial charge is 0.325 e. The van der Waals surface area contributed by atoms with Crippen LogP contribution in [0, 0.1) is 3.57 Å². The highest BCUT2D eigenvalue weighted by molar-refractivity contribution is 14.1. The minimum absolute atomic E-state index is 0.0175. The lowest BCUT2D eigenvalue weighted by Gasteiger charge is -2.24. The number of nitrogens with one attached hydrogen (secondary N) is 1. The van der Waals surface area contributed by atoms with Gasteiger partial charge in [-0.3, -0.25) is 9.10 Å². The van der Waals surface area contributed by atoms with Gasteiger partial charge in [0.2, 0.25) is 5.91 Å². The molecule has 5 nitrogen and oxygen atoms in total. The second-order valence-corrected chi connectivity index (χ2v) is 9.98. The number of nitrogens with zero attached hydrogens (tertiary/aromatic N) is 1. The van der Waals surface area contributed by atoms with Crippen LogP contribution in [0.1, 0.15) is 0 Å². The summed E-state index contributed by atoms with van der Waals surface area (Å²) in [5.74, 6) is -0.483. The summed E-state index contributed by atoms with van der Waals surface area (Å²) in [6, 6.07) is 19.3. The van der Waals surface area contributed by atoms with Crippen LogP contribution in [0.25, 0.3) is 0 Å². The van der Waals surface area contributed by atoms with Gasteiger partial charge in [-0.25, -0.2) is 8.42 Å². The van der Waals surface area contributed by atoms with Gasteiger partial charge >= 0.3 is 0 Å². The smallest absolute Gasteiger partial charge is 0.264 e. The monoisotopic (exact) mass is 560 g/mol. The summed E-state index contributed by atoms with van der Waals surface area (Å²) < 4.78 is 28.5. The molecule has 29 heavy (non-hydrogen) atoms. The fourth-order valence-corrected chi connectivity index (χ4v) is 4.63. The van der Waals surface area contributed by atoms with Crippen molar-refractivity contribution in [1.29, 1.82) is 0 Å². The number of anilines is 2. The topological polar surface area (TPSA) is 66.5 Å². The average Bonchev–Trinajstić information content (AvgIpc) is 2.68. The number of halogens is 3. The molecule has 0 aliphatic heterocycles. The van der Waals surface area contributed by atoms with Gasteiger partial charge in [-0.2, -0.15) is 0 Å². The summed E-state index contributed by atoms with van der Waals surface area (Å²) in [6.45, 7) is -0.419. The van der Waals surface area contributed by atoms with E-state index < -0.39 is 22.5 Å². The van der Waals surface area contributed by atoms with Crippen molar-refractivity contribution in [2.75, 3.05) is 16.2 Å². The van der Waals surface area contributed by atoms with Crippen LogP contribution in [0.5, 0.6) is 0 Å². The van der Waals surface area contributed by atoms with Crippen LogP contribution in [-0.2, 0) is 14.8 Å². The van der Waals surface area contributed by atoms with Crippen molar-refractivity contribution >= 4 is 73.1 Å². The number of carbonyl (C=O) groups is 1. The zero-order valence-electron chi connectivity index (χ0n) is 14.8. The first-order valence-corrected chi connectivity index (χ1v) is 11.6. The lowest BCUT2D eigenvalue weighted by Crippen LogP contribution is -2.38. The van der Waals surface area contributed by atoms with Crippen molar-refractivity contribution in [2.24, 2.45) is 0 Å². The number of carbonyl (C=O) groups excluding carboxylic acids is 1. The summed E-state index contributed by atoms with van der Waals surface area (Å²) >= 11 is 14.1. The van der Waals surface area contributed by atoms with E-state index in [2.05, 4.69) is 27.9 Å². The third kappa shape index (κ3) is 5.63. The number of rotatable bonds is 6. The van der Waals surface area contributed by atoms with Gasteiger partial charge in [0.1, 0.15) is 6.54 Å². The third-order valence-electron chi connectivity index (χ3n) is 3.91. The maximum atomic E-state index is 13.2. The van der Waals surface area contributed by atoms with Crippen molar-refractivity contribution in [3.8, 4) is 0 Å². The van der Waals surface area contributed by atoms with Crippen molar-refractivity contribution in [3.05, 3.63) is 86.4 Å². The highest BCUT2D eigenvalue weighted by atomic mass is 127. The molecule has 3 aromatic carbocycles. The number of amides is 1. The van der Waals surface area contributed by atoms with E-state index in [1.165, 1.54) is 30.3 Å². The number of benzene rings is 3. The molecule has 0 aromatic heterocycles. The van der Waals surface area contributed by atoms with Gasteiger partial charge < -0.3 is 5.32 Å². The van der Waals surface area contributed by atoms with Crippen molar-refractivity contribution in [1.82, 2.24) is 0 Å². The zero-order valence-corrected chi connectivity index (χ0v) is 19.3. The fraction of sp³-hybridized carbons (Fsp3) is 0.0500. The molecule has 0 spiro atoms. The van der Waals surface area contributed by atoms with Crippen molar-refractivity contribution < 1.29 is 13.2 Å². The minimum atomic E-state index is -4.03. The number of hydrogen-bond acceptors (Lipinski definition) is 3. The van der Waals surface area contributed by atoms with E-state index in [4.69, 9.17) is 23.2 Å². The fourth-order valence-electron chi connectivity index (χ4n) is 2.54. The molecule has 0 aliphatic carbocycles. The Morgan fingerprint density at radius 2 is 1.59 bits per heavy atom. The number of hydrogen-bond donors (Lipinski definition) is 1. The Hall–Kier alpha value is -1.81. The van der Waals surface area contributed by atoms with E-state index in [0.29, 0.717) is 15.7 Å². The normalized spacial score (nSPS) is 11.1. The molecule has 9 heteroatoms. The molecule has 0 unspecified atom stereocenters. The minimum Gasteiger partial charge on any atom is -0.325 e.